The van der Waals surface area contributed by atoms with Crippen molar-refractivity contribution in [2.45, 2.75) is 0 Å². The van der Waals surface area contributed by atoms with E-state index in [9.17, 15) is 0 Å². The molecule has 0 aliphatic rings. The summed E-state index contributed by atoms with van der Waals surface area (Å²) < 4.78 is 2.40. The van der Waals surface area contributed by atoms with Crippen molar-refractivity contribution in [2.24, 2.45) is 0 Å². The Morgan fingerprint density at radius 1 is 0.346 bits per heavy atom. The summed E-state index contributed by atoms with van der Waals surface area (Å²) in [6.07, 6.45) is 0. The summed E-state index contributed by atoms with van der Waals surface area (Å²) in [5, 5.41) is 7.41. The fourth-order valence-electron chi connectivity index (χ4n) is 8.06. The molecule has 244 valence electrons. The fourth-order valence-corrected chi connectivity index (χ4v) is 8.06. The molecule has 0 saturated heterocycles. The number of para-hydroxylation sites is 3. The summed E-state index contributed by atoms with van der Waals surface area (Å²) in [5.74, 6) is 0. The van der Waals surface area contributed by atoms with Gasteiger partial charge < -0.3 is 9.47 Å². The SMILES string of the molecule is c1ccc(-c2ccc(N(c3ccccc3-c3cccc4c3c3ccccc3n4-c3ccccc3)c3cc4ccccc4c4ccccc34)cc2)cc1. The van der Waals surface area contributed by atoms with E-state index < -0.39 is 0 Å². The van der Waals surface area contributed by atoms with Crippen LogP contribution in [0.4, 0.5) is 17.1 Å². The van der Waals surface area contributed by atoms with Gasteiger partial charge in [-0.05, 0) is 81.4 Å². The van der Waals surface area contributed by atoms with Crippen molar-refractivity contribution in [3.05, 3.63) is 206 Å². The highest BCUT2D eigenvalue weighted by atomic mass is 15.1. The molecule has 0 unspecified atom stereocenters. The molecule has 1 heterocycles. The third kappa shape index (κ3) is 4.88. The highest BCUT2D eigenvalue weighted by molar-refractivity contribution is 6.18. The van der Waals surface area contributed by atoms with Gasteiger partial charge in [-0.25, -0.2) is 0 Å². The molecule has 0 fully saturated rings. The molecule has 0 aliphatic carbocycles. The Hall–Kier alpha value is -6.90. The van der Waals surface area contributed by atoms with Crippen LogP contribution in [0, 0.1) is 0 Å². The van der Waals surface area contributed by atoms with Crippen LogP contribution < -0.4 is 4.90 Å². The molecule has 10 aromatic rings. The molecule has 52 heavy (non-hydrogen) atoms. The monoisotopic (exact) mass is 662 g/mol. The number of anilines is 3. The fraction of sp³-hybridized carbons (Fsp3) is 0. The van der Waals surface area contributed by atoms with Crippen molar-refractivity contribution in [1.82, 2.24) is 4.57 Å². The predicted octanol–water partition coefficient (Wildman–Crippen LogP) is 13.9. The lowest BCUT2D eigenvalue weighted by Gasteiger charge is -2.30. The topological polar surface area (TPSA) is 8.17 Å². The molecule has 1 aromatic heterocycles. The first-order chi connectivity index (χ1) is 25.8. The number of fused-ring (bicyclic) bond motifs is 6. The Kier molecular flexibility index (Phi) is 7.18. The molecule has 10 rings (SSSR count). The smallest absolute Gasteiger partial charge is 0.0547 e. The molecule has 0 N–H and O–H groups in total. The highest BCUT2D eigenvalue weighted by Crippen LogP contribution is 2.48. The third-order valence-electron chi connectivity index (χ3n) is 10.4. The van der Waals surface area contributed by atoms with Gasteiger partial charge in [-0.1, -0.05) is 158 Å². The largest absolute Gasteiger partial charge is 0.309 e. The average molecular weight is 663 g/mol. The van der Waals surface area contributed by atoms with Crippen LogP contribution in [0.1, 0.15) is 0 Å². The van der Waals surface area contributed by atoms with Gasteiger partial charge >= 0.3 is 0 Å². The third-order valence-corrected chi connectivity index (χ3v) is 10.4. The Labute approximate surface area is 303 Å². The predicted molar refractivity (Wildman–Crippen MR) is 221 cm³/mol. The van der Waals surface area contributed by atoms with Gasteiger partial charge in [-0.15, -0.1) is 0 Å². The maximum absolute atomic E-state index is 2.47. The van der Waals surface area contributed by atoms with Crippen LogP contribution in [-0.4, -0.2) is 4.57 Å². The minimum atomic E-state index is 1.10. The van der Waals surface area contributed by atoms with Gasteiger partial charge in [0.15, 0.2) is 0 Å². The first-order valence-corrected chi connectivity index (χ1v) is 17.9. The van der Waals surface area contributed by atoms with Gasteiger partial charge in [0.25, 0.3) is 0 Å². The standard InChI is InChI=1S/C50H34N2/c1-3-16-35(17-4-1)36-30-32-39(33-31-36)52(49-34-37-18-7-8-21-40(37)41-22-9-10-23-42(41)49)46-27-13-11-24-43(46)44-26-15-29-48-50(44)45-25-12-14-28-47(45)51(48)38-19-5-2-6-20-38/h1-34H. The zero-order chi connectivity index (χ0) is 34.4. The van der Waals surface area contributed by atoms with E-state index in [1.807, 2.05) is 0 Å². The van der Waals surface area contributed by atoms with E-state index in [0.29, 0.717) is 0 Å². The molecule has 2 nitrogen and oxygen atoms in total. The van der Waals surface area contributed by atoms with Crippen molar-refractivity contribution in [3.8, 4) is 27.9 Å². The summed E-state index contributed by atoms with van der Waals surface area (Å²) in [5.41, 5.74) is 11.7. The number of hydrogen-bond acceptors (Lipinski definition) is 1. The van der Waals surface area contributed by atoms with E-state index in [1.54, 1.807) is 0 Å². The van der Waals surface area contributed by atoms with Crippen molar-refractivity contribution < 1.29 is 0 Å². The maximum atomic E-state index is 2.47. The van der Waals surface area contributed by atoms with Crippen LogP contribution in [0.5, 0.6) is 0 Å². The van der Waals surface area contributed by atoms with Crippen molar-refractivity contribution in [1.29, 1.82) is 0 Å². The lowest BCUT2D eigenvalue weighted by molar-refractivity contribution is 1.18. The second kappa shape index (κ2) is 12.5. The molecule has 0 spiro atoms. The maximum Gasteiger partial charge on any atom is 0.0547 e. The number of benzene rings is 9. The second-order valence-electron chi connectivity index (χ2n) is 13.3. The molecule has 0 amide bonds. The van der Waals surface area contributed by atoms with E-state index in [1.165, 1.54) is 65.6 Å². The Balaban J connectivity index is 1.26. The van der Waals surface area contributed by atoms with Gasteiger partial charge in [0, 0.05) is 33.1 Å². The molecule has 0 aliphatic heterocycles. The van der Waals surface area contributed by atoms with Crippen molar-refractivity contribution in [3.63, 3.8) is 0 Å². The van der Waals surface area contributed by atoms with E-state index in [0.717, 1.165) is 22.7 Å². The number of rotatable bonds is 6. The molecular weight excluding hydrogens is 629 g/mol. The molecule has 0 saturated carbocycles. The molecule has 0 radical (unpaired) electrons. The van der Waals surface area contributed by atoms with Crippen molar-refractivity contribution in [2.75, 3.05) is 4.90 Å². The molecule has 0 bridgehead atoms. The number of aromatic nitrogens is 1. The molecule has 2 heteroatoms. The van der Waals surface area contributed by atoms with Gasteiger partial charge in [-0.2, -0.15) is 0 Å². The Morgan fingerprint density at radius 2 is 0.923 bits per heavy atom. The quantitative estimate of drug-likeness (QED) is 0.161. The average Bonchev–Trinajstić information content (AvgIpc) is 3.57. The first-order valence-electron chi connectivity index (χ1n) is 17.9. The molecule has 0 atom stereocenters. The minimum absolute atomic E-state index is 1.10. The lowest BCUT2D eigenvalue weighted by Crippen LogP contribution is -2.12. The van der Waals surface area contributed by atoms with Crippen LogP contribution in [-0.2, 0) is 0 Å². The van der Waals surface area contributed by atoms with Gasteiger partial charge in [0.2, 0.25) is 0 Å². The number of nitrogens with zero attached hydrogens (tertiary/aromatic N) is 2. The summed E-state index contributed by atoms with van der Waals surface area (Å²) in [6.45, 7) is 0. The van der Waals surface area contributed by atoms with Crippen LogP contribution in [0.3, 0.4) is 0 Å². The minimum Gasteiger partial charge on any atom is -0.309 e. The summed E-state index contributed by atoms with van der Waals surface area (Å²) in [4.78, 5) is 2.47. The van der Waals surface area contributed by atoms with Crippen LogP contribution in [0.25, 0.3) is 71.3 Å². The zero-order valence-electron chi connectivity index (χ0n) is 28.5. The lowest BCUT2D eigenvalue weighted by atomic mass is 9.95. The van der Waals surface area contributed by atoms with Gasteiger partial charge in [0.05, 0.1) is 22.4 Å². The first kappa shape index (κ1) is 30.0. The Morgan fingerprint density at radius 3 is 1.73 bits per heavy atom. The van der Waals surface area contributed by atoms with Gasteiger partial charge in [0.1, 0.15) is 0 Å². The van der Waals surface area contributed by atoms with E-state index in [2.05, 4.69) is 216 Å². The zero-order valence-corrected chi connectivity index (χ0v) is 28.5. The van der Waals surface area contributed by atoms with E-state index in [4.69, 9.17) is 0 Å². The summed E-state index contributed by atoms with van der Waals surface area (Å²) in [7, 11) is 0. The van der Waals surface area contributed by atoms with E-state index >= 15 is 0 Å². The second-order valence-corrected chi connectivity index (χ2v) is 13.3. The van der Waals surface area contributed by atoms with Crippen LogP contribution >= 0.6 is 0 Å². The summed E-state index contributed by atoms with van der Waals surface area (Å²) >= 11 is 0. The van der Waals surface area contributed by atoms with E-state index in [-0.39, 0.29) is 0 Å². The number of hydrogen-bond donors (Lipinski definition) is 0. The normalized spacial score (nSPS) is 11.5. The summed E-state index contributed by atoms with van der Waals surface area (Å²) in [6, 6.07) is 74.7. The molecule has 9 aromatic carbocycles. The Bertz CT molecular complexity index is 2890. The van der Waals surface area contributed by atoms with Crippen LogP contribution in [0.15, 0.2) is 206 Å². The highest BCUT2D eigenvalue weighted by Gasteiger charge is 2.23. The van der Waals surface area contributed by atoms with Crippen LogP contribution in [0.2, 0.25) is 0 Å². The van der Waals surface area contributed by atoms with Gasteiger partial charge in [-0.3, -0.25) is 0 Å². The van der Waals surface area contributed by atoms with Crippen molar-refractivity contribution >= 4 is 60.4 Å². The molecular formula is C50H34N2.